The molecule has 2 rings (SSSR count). The zero-order valence-electron chi connectivity index (χ0n) is 13.6. The van der Waals surface area contributed by atoms with Gasteiger partial charge in [-0.2, -0.15) is 0 Å². The van der Waals surface area contributed by atoms with Gasteiger partial charge in [0, 0.05) is 13.1 Å². The first-order chi connectivity index (χ1) is 11.1. The number of amides is 1. The number of ether oxygens (including phenoxy) is 1. The molecule has 1 atom stereocenters. The number of carbonyl (C=O) groups excluding carboxylic acids is 1. The number of carbonyl (C=O) groups is 1. The molecule has 1 aliphatic heterocycles. The molecule has 0 unspecified atom stereocenters. The van der Waals surface area contributed by atoms with Crippen molar-refractivity contribution in [2.45, 2.75) is 38.8 Å². The molecule has 1 N–H and O–H groups in total. The van der Waals surface area contributed by atoms with Crippen LogP contribution in [-0.2, 0) is 4.74 Å². The van der Waals surface area contributed by atoms with Crippen LogP contribution in [0.4, 0.5) is 25.0 Å². The second kappa shape index (κ2) is 6.58. The molecular weight excluding hydrogens is 324 g/mol. The number of rotatable bonds is 3. The van der Waals surface area contributed by atoms with E-state index in [0.29, 0.717) is 25.1 Å². The first-order valence-corrected chi connectivity index (χ1v) is 7.45. The van der Waals surface area contributed by atoms with Gasteiger partial charge in [-0.1, -0.05) is 0 Å². The summed E-state index contributed by atoms with van der Waals surface area (Å²) < 4.78 is 33.2. The Morgan fingerprint density at radius 2 is 1.96 bits per heavy atom. The van der Waals surface area contributed by atoms with Crippen LogP contribution < -0.4 is 10.2 Å². The maximum atomic E-state index is 14.0. The zero-order valence-corrected chi connectivity index (χ0v) is 13.6. The van der Waals surface area contributed by atoms with Crippen LogP contribution in [0.5, 0.6) is 0 Å². The molecular formula is C15H19F2N3O4. The lowest BCUT2D eigenvalue weighted by Crippen LogP contribution is -2.40. The van der Waals surface area contributed by atoms with Gasteiger partial charge >= 0.3 is 6.09 Å². The lowest BCUT2D eigenvalue weighted by atomic mass is 10.2. The lowest BCUT2D eigenvalue weighted by molar-refractivity contribution is -0.385. The second-order valence-corrected chi connectivity index (χ2v) is 6.59. The van der Waals surface area contributed by atoms with E-state index in [0.717, 1.165) is 0 Å². The van der Waals surface area contributed by atoms with Crippen LogP contribution in [0.25, 0.3) is 0 Å². The highest BCUT2D eigenvalue weighted by Crippen LogP contribution is 2.30. The number of benzene rings is 1. The molecule has 1 aliphatic rings. The number of anilines is 1. The molecule has 1 saturated heterocycles. The molecule has 0 radical (unpaired) electrons. The molecule has 1 aromatic carbocycles. The summed E-state index contributed by atoms with van der Waals surface area (Å²) in [6.45, 7) is 5.69. The number of alkyl carbamates (subject to hydrolysis) is 1. The highest BCUT2D eigenvalue weighted by molar-refractivity contribution is 5.68. The smallest absolute Gasteiger partial charge is 0.407 e. The average molecular weight is 343 g/mol. The first kappa shape index (κ1) is 17.9. The minimum absolute atomic E-state index is 0.185. The van der Waals surface area contributed by atoms with E-state index in [2.05, 4.69) is 5.32 Å². The fourth-order valence-electron chi connectivity index (χ4n) is 2.52. The third kappa shape index (κ3) is 4.30. The van der Waals surface area contributed by atoms with Crippen LogP contribution >= 0.6 is 0 Å². The van der Waals surface area contributed by atoms with Gasteiger partial charge in [0.25, 0.3) is 5.69 Å². The first-order valence-electron chi connectivity index (χ1n) is 7.45. The predicted molar refractivity (Wildman–Crippen MR) is 83.0 cm³/mol. The fraction of sp³-hybridized carbons (Fsp3) is 0.533. The zero-order chi connectivity index (χ0) is 18.1. The van der Waals surface area contributed by atoms with E-state index in [1.807, 2.05) is 0 Å². The van der Waals surface area contributed by atoms with Crippen molar-refractivity contribution in [3.05, 3.63) is 33.9 Å². The van der Waals surface area contributed by atoms with Crippen LogP contribution in [0.3, 0.4) is 0 Å². The summed E-state index contributed by atoms with van der Waals surface area (Å²) in [5, 5.41) is 13.3. The van der Waals surface area contributed by atoms with Gasteiger partial charge in [0.05, 0.1) is 23.1 Å². The van der Waals surface area contributed by atoms with Crippen molar-refractivity contribution < 1.29 is 23.2 Å². The van der Waals surface area contributed by atoms with Crippen LogP contribution in [0, 0.1) is 21.7 Å². The normalized spacial score (nSPS) is 17.7. The molecule has 132 valence electrons. The van der Waals surface area contributed by atoms with E-state index >= 15 is 0 Å². The molecule has 0 bridgehead atoms. The van der Waals surface area contributed by atoms with Crippen molar-refractivity contribution in [3.8, 4) is 0 Å². The molecule has 1 aromatic rings. The van der Waals surface area contributed by atoms with Gasteiger partial charge in [-0.05, 0) is 27.2 Å². The van der Waals surface area contributed by atoms with E-state index in [4.69, 9.17) is 4.74 Å². The predicted octanol–water partition coefficient (Wildman–Crippen LogP) is 2.98. The molecule has 24 heavy (non-hydrogen) atoms. The highest BCUT2D eigenvalue weighted by Gasteiger charge is 2.30. The van der Waals surface area contributed by atoms with E-state index in [1.54, 1.807) is 20.8 Å². The molecule has 0 aliphatic carbocycles. The number of nitrogens with one attached hydrogen (secondary N) is 1. The lowest BCUT2D eigenvalue weighted by Gasteiger charge is -2.22. The van der Waals surface area contributed by atoms with Crippen molar-refractivity contribution >= 4 is 17.5 Å². The van der Waals surface area contributed by atoms with Gasteiger partial charge in [-0.15, -0.1) is 0 Å². The summed E-state index contributed by atoms with van der Waals surface area (Å²) in [6, 6.07) is 1.05. The Hall–Kier alpha value is -2.45. The van der Waals surface area contributed by atoms with Crippen molar-refractivity contribution in [2.24, 2.45) is 0 Å². The molecule has 0 saturated carbocycles. The highest BCUT2D eigenvalue weighted by atomic mass is 19.1. The third-order valence-corrected chi connectivity index (χ3v) is 3.44. The summed E-state index contributed by atoms with van der Waals surface area (Å²) in [7, 11) is 0. The molecule has 1 amide bonds. The quantitative estimate of drug-likeness (QED) is 0.674. The fourth-order valence-corrected chi connectivity index (χ4v) is 2.52. The maximum absolute atomic E-state index is 14.0. The molecule has 1 fully saturated rings. The summed E-state index contributed by atoms with van der Waals surface area (Å²) in [6.07, 6.45) is -0.117. The second-order valence-electron chi connectivity index (χ2n) is 6.59. The van der Waals surface area contributed by atoms with Crippen LogP contribution in [0.1, 0.15) is 27.2 Å². The number of halogens is 2. The summed E-state index contributed by atoms with van der Waals surface area (Å²) in [4.78, 5) is 22.9. The summed E-state index contributed by atoms with van der Waals surface area (Å²) in [5.74, 6) is -2.00. The Balaban J connectivity index is 2.06. The third-order valence-electron chi connectivity index (χ3n) is 3.44. The standard InChI is InChI=1S/C15H19F2N3O4/c1-15(2,3)24-14(21)18-9-4-5-19(8-9)13-11(16)6-10(20(22)23)7-12(13)17/h6-7,9H,4-5,8H2,1-3H3,(H,18,21)/t9-/m0/s1. The van der Waals surface area contributed by atoms with Gasteiger partial charge in [0.2, 0.25) is 0 Å². The SMILES string of the molecule is CC(C)(C)OC(=O)N[C@H]1CCN(c2c(F)cc([N+](=O)[O-])cc2F)C1. The topological polar surface area (TPSA) is 84.7 Å². The number of hydrogen-bond acceptors (Lipinski definition) is 5. The van der Waals surface area contributed by atoms with Gasteiger partial charge in [-0.25, -0.2) is 13.6 Å². The number of hydrogen-bond donors (Lipinski definition) is 1. The van der Waals surface area contributed by atoms with E-state index in [1.165, 1.54) is 4.90 Å². The average Bonchev–Trinajstić information content (AvgIpc) is 2.83. The van der Waals surface area contributed by atoms with Gasteiger partial charge in [0.1, 0.15) is 11.3 Å². The Bertz CT molecular complexity index is 638. The molecule has 9 heteroatoms. The minimum Gasteiger partial charge on any atom is -0.444 e. The van der Waals surface area contributed by atoms with Crippen molar-refractivity contribution in [2.75, 3.05) is 18.0 Å². The van der Waals surface area contributed by atoms with Gasteiger partial charge in [0.15, 0.2) is 11.6 Å². The molecule has 0 aromatic heterocycles. The number of nitrogens with zero attached hydrogens (tertiary/aromatic N) is 2. The summed E-state index contributed by atoms with van der Waals surface area (Å²) in [5.41, 5.74) is -1.61. The largest absolute Gasteiger partial charge is 0.444 e. The van der Waals surface area contributed by atoms with Gasteiger partial charge < -0.3 is 15.0 Å². The van der Waals surface area contributed by atoms with Crippen LogP contribution in [0.15, 0.2) is 12.1 Å². The van der Waals surface area contributed by atoms with Crippen molar-refractivity contribution in [3.63, 3.8) is 0 Å². The van der Waals surface area contributed by atoms with Crippen LogP contribution in [-0.4, -0.2) is 35.7 Å². The Labute approximate surface area is 137 Å². The van der Waals surface area contributed by atoms with E-state index in [9.17, 15) is 23.7 Å². The Morgan fingerprint density at radius 3 is 2.46 bits per heavy atom. The molecule has 1 heterocycles. The number of nitro groups is 1. The van der Waals surface area contributed by atoms with Crippen LogP contribution in [0.2, 0.25) is 0 Å². The maximum Gasteiger partial charge on any atom is 0.407 e. The molecule has 7 nitrogen and oxygen atoms in total. The van der Waals surface area contributed by atoms with E-state index in [-0.39, 0.29) is 18.3 Å². The minimum atomic E-state index is -1.00. The summed E-state index contributed by atoms with van der Waals surface area (Å²) >= 11 is 0. The van der Waals surface area contributed by atoms with Crippen molar-refractivity contribution in [1.29, 1.82) is 0 Å². The Morgan fingerprint density at radius 1 is 1.38 bits per heavy atom. The monoisotopic (exact) mass is 343 g/mol. The Kier molecular flexibility index (Phi) is 4.91. The molecule has 0 spiro atoms. The number of non-ortho nitro benzene ring substituents is 1. The van der Waals surface area contributed by atoms with Gasteiger partial charge in [-0.3, -0.25) is 10.1 Å². The van der Waals surface area contributed by atoms with Crippen molar-refractivity contribution in [1.82, 2.24) is 5.32 Å². The number of nitro benzene ring substituents is 1. The van der Waals surface area contributed by atoms with E-state index < -0.39 is 33.9 Å².